The van der Waals surface area contributed by atoms with Crippen molar-refractivity contribution in [1.82, 2.24) is 9.55 Å². The second-order valence-corrected chi connectivity index (χ2v) is 5.61. The number of fused-ring (bicyclic) bond motifs is 1. The minimum Gasteiger partial charge on any atom is -0.369 e. The summed E-state index contributed by atoms with van der Waals surface area (Å²) in [7, 11) is 1.95. The van der Waals surface area contributed by atoms with Crippen molar-refractivity contribution in [3.8, 4) is 11.3 Å². The topological polar surface area (TPSA) is 43.8 Å². The summed E-state index contributed by atoms with van der Waals surface area (Å²) in [6.45, 7) is 0. The summed E-state index contributed by atoms with van der Waals surface area (Å²) in [5.74, 6) is 0.537. The van der Waals surface area contributed by atoms with Crippen LogP contribution in [0.1, 0.15) is 24.0 Å². The molecular formula is C14H16BrN3. The predicted molar refractivity (Wildman–Crippen MR) is 77.4 cm³/mol. The summed E-state index contributed by atoms with van der Waals surface area (Å²) >= 11 is 3.49. The minimum atomic E-state index is 0.537. The van der Waals surface area contributed by atoms with Crippen LogP contribution < -0.4 is 5.73 Å². The van der Waals surface area contributed by atoms with Gasteiger partial charge in [-0.25, -0.2) is 4.98 Å². The molecule has 2 aromatic rings. The lowest BCUT2D eigenvalue weighted by Crippen LogP contribution is -2.03. The van der Waals surface area contributed by atoms with Gasteiger partial charge in [-0.3, -0.25) is 0 Å². The summed E-state index contributed by atoms with van der Waals surface area (Å²) in [4.78, 5) is 4.26. The molecule has 0 aliphatic heterocycles. The maximum Gasteiger partial charge on any atom is 0.201 e. The first-order chi connectivity index (χ1) is 8.66. The molecule has 2 N–H and O–H groups in total. The van der Waals surface area contributed by atoms with E-state index in [-0.39, 0.29) is 0 Å². The quantitative estimate of drug-likeness (QED) is 0.878. The molecular weight excluding hydrogens is 290 g/mol. The second-order valence-electron chi connectivity index (χ2n) is 4.86. The van der Waals surface area contributed by atoms with Crippen LogP contribution >= 0.6 is 15.9 Å². The Morgan fingerprint density at radius 2 is 1.94 bits per heavy atom. The fraction of sp³-hybridized carbons (Fsp3) is 0.357. The number of nitrogen functional groups attached to an aromatic ring is 1. The zero-order valence-corrected chi connectivity index (χ0v) is 12.0. The molecule has 0 saturated heterocycles. The standard InChI is InChI=1S/C14H16BrN3/c1-18-12(13(15)17-14(18)16)11-7-6-9-4-2-3-5-10(9)8-11/h6-8H,2-5H2,1H3,(H2,16,17). The third-order valence-corrected chi connectivity index (χ3v) is 4.26. The lowest BCUT2D eigenvalue weighted by molar-refractivity contribution is 0.686. The zero-order valence-electron chi connectivity index (χ0n) is 10.4. The van der Waals surface area contributed by atoms with Crippen molar-refractivity contribution >= 4 is 21.9 Å². The normalized spacial score (nSPS) is 14.6. The van der Waals surface area contributed by atoms with E-state index in [1.54, 1.807) is 0 Å². The first kappa shape index (κ1) is 11.8. The Kier molecular flexibility index (Phi) is 2.90. The summed E-state index contributed by atoms with van der Waals surface area (Å²) < 4.78 is 2.74. The molecule has 1 aliphatic carbocycles. The number of imidazole rings is 1. The number of aromatic nitrogens is 2. The van der Waals surface area contributed by atoms with Gasteiger partial charge in [0.1, 0.15) is 4.60 Å². The molecule has 3 rings (SSSR count). The van der Waals surface area contributed by atoms with Gasteiger partial charge in [-0.15, -0.1) is 0 Å². The third-order valence-electron chi connectivity index (χ3n) is 3.71. The molecule has 0 unspecified atom stereocenters. The van der Waals surface area contributed by atoms with E-state index in [0.717, 1.165) is 10.3 Å². The van der Waals surface area contributed by atoms with Crippen molar-refractivity contribution in [3.05, 3.63) is 33.9 Å². The van der Waals surface area contributed by atoms with Gasteiger partial charge in [-0.2, -0.15) is 0 Å². The number of hydrogen-bond acceptors (Lipinski definition) is 2. The van der Waals surface area contributed by atoms with Crippen LogP contribution in [0, 0.1) is 0 Å². The highest BCUT2D eigenvalue weighted by molar-refractivity contribution is 9.10. The number of halogens is 1. The fourth-order valence-corrected chi connectivity index (χ4v) is 3.35. The van der Waals surface area contributed by atoms with Crippen molar-refractivity contribution in [3.63, 3.8) is 0 Å². The first-order valence-electron chi connectivity index (χ1n) is 6.26. The van der Waals surface area contributed by atoms with Crippen LogP contribution in [-0.2, 0) is 19.9 Å². The number of rotatable bonds is 1. The Balaban J connectivity index is 2.12. The summed E-state index contributed by atoms with van der Waals surface area (Å²) in [5.41, 5.74) is 11.1. The van der Waals surface area contributed by atoms with Crippen LogP contribution in [0.25, 0.3) is 11.3 Å². The number of aryl methyl sites for hydroxylation is 2. The second kappa shape index (κ2) is 4.43. The molecule has 0 saturated carbocycles. The van der Waals surface area contributed by atoms with Gasteiger partial charge in [0.2, 0.25) is 5.95 Å². The number of nitrogens with two attached hydrogens (primary N) is 1. The Bertz CT molecular complexity index is 601. The third kappa shape index (κ3) is 1.85. The van der Waals surface area contributed by atoms with E-state index < -0.39 is 0 Å². The van der Waals surface area contributed by atoms with Crippen molar-refractivity contribution in [1.29, 1.82) is 0 Å². The molecule has 4 heteroatoms. The van der Waals surface area contributed by atoms with E-state index in [0.29, 0.717) is 5.95 Å². The summed E-state index contributed by atoms with van der Waals surface area (Å²) in [6, 6.07) is 6.71. The van der Waals surface area contributed by atoms with Gasteiger partial charge in [0.25, 0.3) is 0 Å². The summed E-state index contributed by atoms with van der Waals surface area (Å²) in [6.07, 6.45) is 5.01. The molecule has 0 fully saturated rings. The van der Waals surface area contributed by atoms with Crippen molar-refractivity contribution in [2.24, 2.45) is 7.05 Å². The van der Waals surface area contributed by atoms with Gasteiger partial charge in [-0.05, 0) is 58.8 Å². The molecule has 0 amide bonds. The van der Waals surface area contributed by atoms with Crippen LogP contribution in [0.5, 0.6) is 0 Å². The SMILES string of the molecule is Cn1c(N)nc(Br)c1-c1ccc2c(c1)CCCC2. The molecule has 94 valence electrons. The van der Waals surface area contributed by atoms with Crippen LogP contribution in [0.3, 0.4) is 0 Å². The van der Waals surface area contributed by atoms with Crippen molar-refractivity contribution in [2.75, 3.05) is 5.73 Å². The van der Waals surface area contributed by atoms with Gasteiger partial charge < -0.3 is 10.3 Å². The average Bonchev–Trinajstić information content (AvgIpc) is 2.63. The van der Waals surface area contributed by atoms with E-state index in [1.807, 2.05) is 11.6 Å². The van der Waals surface area contributed by atoms with Crippen molar-refractivity contribution < 1.29 is 0 Å². The van der Waals surface area contributed by atoms with E-state index in [4.69, 9.17) is 5.73 Å². The molecule has 0 radical (unpaired) electrons. The fourth-order valence-electron chi connectivity index (χ4n) is 2.67. The highest BCUT2D eigenvalue weighted by Crippen LogP contribution is 2.32. The maximum atomic E-state index is 5.84. The molecule has 0 atom stereocenters. The van der Waals surface area contributed by atoms with Gasteiger partial charge in [0, 0.05) is 12.6 Å². The molecule has 18 heavy (non-hydrogen) atoms. The number of benzene rings is 1. The number of hydrogen-bond donors (Lipinski definition) is 1. The highest BCUT2D eigenvalue weighted by atomic mass is 79.9. The molecule has 1 heterocycles. The van der Waals surface area contributed by atoms with Gasteiger partial charge in [-0.1, -0.05) is 12.1 Å². The molecule has 3 nitrogen and oxygen atoms in total. The van der Waals surface area contributed by atoms with Gasteiger partial charge in [0.05, 0.1) is 5.69 Å². The maximum absolute atomic E-state index is 5.84. The number of nitrogens with zero attached hydrogens (tertiary/aromatic N) is 2. The van der Waals surface area contributed by atoms with Crippen LogP contribution in [0.4, 0.5) is 5.95 Å². The Labute approximate surface area is 115 Å². The molecule has 1 aromatic carbocycles. The molecule has 1 aliphatic rings. The van der Waals surface area contributed by atoms with Gasteiger partial charge >= 0.3 is 0 Å². The smallest absolute Gasteiger partial charge is 0.201 e. The molecule has 1 aromatic heterocycles. The lowest BCUT2D eigenvalue weighted by atomic mass is 9.90. The monoisotopic (exact) mass is 305 g/mol. The lowest BCUT2D eigenvalue weighted by Gasteiger charge is -2.16. The average molecular weight is 306 g/mol. The highest BCUT2D eigenvalue weighted by Gasteiger charge is 2.15. The Hall–Kier alpha value is -1.29. The zero-order chi connectivity index (χ0) is 12.7. The number of anilines is 1. The largest absolute Gasteiger partial charge is 0.369 e. The van der Waals surface area contributed by atoms with Gasteiger partial charge in [0.15, 0.2) is 0 Å². The molecule has 0 spiro atoms. The van der Waals surface area contributed by atoms with E-state index in [1.165, 1.54) is 42.4 Å². The van der Waals surface area contributed by atoms with Crippen LogP contribution in [0.15, 0.2) is 22.8 Å². The van der Waals surface area contributed by atoms with E-state index in [2.05, 4.69) is 39.1 Å². The predicted octanol–water partition coefficient (Wildman–Crippen LogP) is 3.31. The van der Waals surface area contributed by atoms with E-state index in [9.17, 15) is 0 Å². The summed E-state index contributed by atoms with van der Waals surface area (Å²) in [5, 5.41) is 0. The van der Waals surface area contributed by atoms with E-state index >= 15 is 0 Å². The van der Waals surface area contributed by atoms with Crippen LogP contribution in [0.2, 0.25) is 0 Å². The van der Waals surface area contributed by atoms with Crippen LogP contribution in [-0.4, -0.2) is 9.55 Å². The van der Waals surface area contributed by atoms with Crippen molar-refractivity contribution in [2.45, 2.75) is 25.7 Å². The Morgan fingerprint density at radius 1 is 1.22 bits per heavy atom. The first-order valence-corrected chi connectivity index (χ1v) is 7.06. The Morgan fingerprint density at radius 3 is 2.61 bits per heavy atom. The molecule has 0 bridgehead atoms. The minimum absolute atomic E-state index is 0.537.